The first-order chi connectivity index (χ1) is 9.63. The minimum Gasteiger partial charge on any atom is -0.466 e. The van der Waals surface area contributed by atoms with E-state index in [1.165, 1.54) is 7.11 Å². The second-order valence-corrected chi connectivity index (χ2v) is 3.98. The maximum absolute atomic E-state index is 12.0. The molecule has 1 aromatic heterocycles. The Morgan fingerprint density at radius 3 is 2.60 bits per heavy atom. The van der Waals surface area contributed by atoms with E-state index in [1.54, 1.807) is 19.1 Å². The van der Waals surface area contributed by atoms with Gasteiger partial charge in [0.25, 0.3) is 0 Å². The van der Waals surface area contributed by atoms with Crippen molar-refractivity contribution in [2.45, 2.75) is 6.92 Å². The maximum atomic E-state index is 12.0. The Balaban J connectivity index is 2.26. The lowest BCUT2D eigenvalue weighted by molar-refractivity contribution is -0.144. The van der Waals surface area contributed by atoms with Gasteiger partial charge in [0.2, 0.25) is 0 Å². The topological polar surface area (TPSA) is 78.6 Å². The van der Waals surface area contributed by atoms with E-state index in [1.807, 2.05) is 18.2 Å². The molecule has 1 heterocycles. The second-order valence-electron chi connectivity index (χ2n) is 3.98. The summed E-state index contributed by atoms with van der Waals surface area (Å²) in [4.78, 5) is 23.0. The number of hydrogen-bond donors (Lipinski definition) is 0. The van der Waals surface area contributed by atoms with Crippen molar-refractivity contribution in [1.29, 1.82) is 0 Å². The smallest absolute Gasteiger partial charge is 0.344 e. The molecule has 0 amide bonds. The third-order valence-electron chi connectivity index (χ3n) is 2.66. The minimum absolute atomic E-state index is 0.208. The first-order valence-electron chi connectivity index (χ1n) is 5.89. The van der Waals surface area contributed by atoms with Crippen LogP contribution in [0.5, 0.6) is 0 Å². The van der Waals surface area contributed by atoms with Gasteiger partial charge >= 0.3 is 11.9 Å². The second kappa shape index (κ2) is 6.01. The van der Waals surface area contributed by atoms with E-state index in [0.717, 1.165) is 5.56 Å². The first kappa shape index (κ1) is 13.8. The van der Waals surface area contributed by atoms with Crippen LogP contribution in [0.1, 0.15) is 16.1 Å². The van der Waals surface area contributed by atoms with Crippen LogP contribution in [0.3, 0.4) is 0 Å². The molecule has 0 aliphatic rings. The molecule has 6 nitrogen and oxygen atoms in total. The summed E-state index contributed by atoms with van der Waals surface area (Å²) >= 11 is 0. The number of rotatable bonds is 4. The Hall–Kier alpha value is -2.63. The normalized spacial score (nSPS) is 10.1. The molecule has 20 heavy (non-hydrogen) atoms. The lowest BCUT2D eigenvalue weighted by Crippen LogP contribution is -2.15. The van der Waals surface area contributed by atoms with Gasteiger partial charge in [-0.25, -0.2) is 9.59 Å². The van der Waals surface area contributed by atoms with E-state index in [9.17, 15) is 9.59 Å². The highest BCUT2D eigenvalue weighted by Crippen LogP contribution is 2.25. The van der Waals surface area contributed by atoms with Crippen molar-refractivity contribution < 1.29 is 23.6 Å². The van der Waals surface area contributed by atoms with Crippen molar-refractivity contribution in [2.24, 2.45) is 0 Å². The Labute approximate surface area is 115 Å². The molecule has 6 heteroatoms. The van der Waals surface area contributed by atoms with Crippen molar-refractivity contribution in [3.05, 3.63) is 41.7 Å². The quantitative estimate of drug-likeness (QED) is 0.794. The summed E-state index contributed by atoms with van der Waals surface area (Å²) in [5.74, 6) is -0.972. The van der Waals surface area contributed by atoms with E-state index >= 15 is 0 Å². The lowest BCUT2D eigenvalue weighted by Gasteiger charge is -2.04. The molecule has 0 spiro atoms. The van der Waals surface area contributed by atoms with E-state index in [2.05, 4.69) is 9.89 Å². The van der Waals surface area contributed by atoms with Gasteiger partial charge in [-0.15, -0.1) is 0 Å². The molecule has 104 valence electrons. The van der Waals surface area contributed by atoms with Crippen molar-refractivity contribution in [3.8, 4) is 11.3 Å². The Morgan fingerprint density at radius 2 is 1.95 bits per heavy atom. The number of ether oxygens (including phenoxy) is 2. The average molecular weight is 275 g/mol. The number of nitrogens with zero attached hydrogens (tertiary/aromatic N) is 1. The number of esters is 2. The molecule has 0 bridgehead atoms. The minimum atomic E-state index is -0.673. The third-order valence-corrected chi connectivity index (χ3v) is 2.66. The summed E-state index contributed by atoms with van der Waals surface area (Å²) in [6.45, 7) is 1.16. The van der Waals surface area contributed by atoms with Crippen LogP contribution < -0.4 is 0 Å². The van der Waals surface area contributed by atoms with Crippen LogP contribution in [0, 0.1) is 6.92 Å². The van der Waals surface area contributed by atoms with E-state index in [4.69, 9.17) is 9.26 Å². The third kappa shape index (κ3) is 2.85. The molecule has 2 aromatic rings. The number of carbonyl (C=O) groups excluding carboxylic acids is 2. The predicted molar refractivity (Wildman–Crippen MR) is 69.0 cm³/mol. The van der Waals surface area contributed by atoms with Crippen molar-refractivity contribution in [1.82, 2.24) is 5.16 Å². The Morgan fingerprint density at radius 1 is 1.25 bits per heavy atom. The summed E-state index contributed by atoms with van der Waals surface area (Å²) in [5.41, 5.74) is 1.33. The van der Waals surface area contributed by atoms with Crippen LogP contribution >= 0.6 is 0 Å². The van der Waals surface area contributed by atoms with Crippen molar-refractivity contribution in [2.75, 3.05) is 13.7 Å². The van der Waals surface area contributed by atoms with Gasteiger partial charge in [-0.05, 0) is 6.92 Å². The van der Waals surface area contributed by atoms with Crippen LogP contribution in [-0.2, 0) is 14.3 Å². The van der Waals surface area contributed by atoms with Crippen LogP contribution in [0.4, 0.5) is 0 Å². The molecule has 0 atom stereocenters. The highest BCUT2D eigenvalue weighted by Gasteiger charge is 2.23. The summed E-state index contributed by atoms with van der Waals surface area (Å²) in [6, 6.07) is 9.10. The molecule has 0 aliphatic heterocycles. The van der Waals surface area contributed by atoms with Crippen molar-refractivity contribution >= 4 is 11.9 Å². The first-order valence-corrected chi connectivity index (χ1v) is 5.89. The highest BCUT2D eigenvalue weighted by molar-refractivity contribution is 5.97. The fraction of sp³-hybridized carbons (Fsp3) is 0.214. The van der Waals surface area contributed by atoms with Gasteiger partial charge in [0.1, 0.15) is 17.0 Å². The zero-order chi connectivity index (χ0) is 14.5. The lowest BCUT2D eigenvalue weighted by atomic mass is 10.1. The van der Waals surface area contributed by atoms with Crippen LogP contribution in [-0.4, -0.2) is 30.8 Å². The molecule has 2 rings (SSSR count). The monoisotopic (exact) mass is 275 g/mol. The molecule has 0 saturated carbocycles. The number of benzene rings is 1. The molecule has 0 radical (unpaired) electrons. The predicted octanol–water partition coefficient (Wildman–Crippen LogP) is 1.98. The summed E-state index contributed by atoms with van der Waals surface area (Å²) < 4.78 is 14.3. The standard InChI is InChI=1S/C14H13NO5/c1-9-12(14(17)19-8-11(16)18-2)13(15-20-9)10-6-4-3-5-7-10/h3-7H,8H2,1-2H3. The molecule has 0 aliphatic carbocycles. The van der Waals surface area contributed by atoms with E-state index < -0.39 is 18.5 Å². The number of aromatic nitrogens is 1. The summed E-state index contributed by atoms with van der Waals surface area (Å²) in [6.07, 6.45) is 0. The van der Waals surface area contributed by atoms with Gasteiger partial charge in [-0.1, -0.05) is 35.5 Å². The number of aryl methyl sites for hydroxylation is 1. The van der Waals surface area contributed by atoms with Gasteiger partial charge in [-0.3, -0.25) is 0 Å². The fourth-order valence-electron chi connectivity index (χ4n) is 1.66. The van der Waals surface area contributed by atoms with Crippen LogP contribution in [0.2, 0.25) is 0 Å². The van der Waals surface area contributed by atoms with Gasteiger partial charge in [-0.2, -0.15) is 0 Å². The van der Waals surface area contributed by atoms with E-state index in [-0.39, 0.29) is 5.56 Å². The summed E-state index contributed by atoms with van der Waals surface area (Å²) in [7, 11) is 1.22. The molecule has 0 saturated heterocycles. The Bertz CT molecular complexity index is 618. The van der Waals surface area contributed by atoms with Crippen molar-refractivity contribution in [3.63, 3.8) is 0 Å². The zero-order valence-corrected chi connectivity index (χ0v) is 11.1. The van der Waals surface area contributed by atoms with E-state index in [0.29, 0.717) is 11.5 Å². The molecular weight excluding hydrogens is 262 g/mol. The van der Waals surface area contributed by atoms with Gasteiger partial charge in [0, 0.05) is 5.56 Å². The molecule has 0 unspecified atom stereocenters. The summed E-state index contributed by atoms with van der Waals surface area (Å²) in [5, 5.41) is 3.86. The number of methoxy groups -OCH3 is 1. The van der Waals surface area contributed by atoms with Crippen LogP contribution in [0.15, 0.2) is 34.9 Å². The molecule has 0 fully saturated rings. The zero-order valence-electron chi connectivity index (χ0n) is 11.1. The largest absolute Gasteiger partial charge is 0.466 e. The maximum Gasteiger partial charge on any atom is 0.344 e. The SMILES string of the molecule is COC(=O)COC(=O)c1c(-c2ccccc2)noc1C. The fourth-order valence-corrected chi connectivity index (χ4v) is 1.66. The molecular formula is C14H13NO5. The highest BCUT2D eigenvalue weighted by atomic mass is 16.6. The van der Waals surface area contributed by atoms with Gasteiger partial charge in [0.15, 0.2) is 6.61 Å². The average Bonchev–Trinajstić information content (AvgIpc) is 2.87. The molecule has 0 N–H and O–H groups in total. The van der Waals surface area contributed by atoms with Gasteiger partial charge in [0.05, 0.1) is 7.11 Å². The van der Waals surface area contributed by atoms with Crippen LogP contribution in [0.25, 0.3) is 11.3 Å². The molecule has 1 aromatic carbocycles. The Kier molecular flexibility index (Phi) is 4.14. The number of carbonyl (C=O) groups is 2. The van der Waals surface area contributed by atoms with Gasteiger partial charge < -0.3 is 14.0 Å². The number of hydrogen-bond acceptors (Lipinski definition) is 6.